The number of ether oxygens (including phenoxy) is 3. The number of benzene rings is 2. The van der Waals surface area contributed by atoms with E-state index in [0.29, 0.717) is 17.1 Å². The Morgan fingerprint density at radius 1 is 1.10 bits per heavy atom. The van der Waals surface area contributed by atoms with Crippen LogP contribution in [-0.4, -0.2) is 58.2 Å². The Labute approximate surface area is 184 Å². The molecule has 0 radical (unpaired) electrons. The molecular formula is C19H21Cl2NO7S. The average Bonchev–Trinajstić information content (AvgIpc) is 2.72. The predicted octanol–water partition coefficient (Wildman–Crippen LogP) is 3.12. The number of nitrogens with zero attached hydrogens (tertiary/aromatic N) is 1. The van der Waals surface area contributed by atoms with Crippen molar-refractivity contribution in [1.29, 1.82) is 0 Å². The Kier molecular flexibility index (Phi) is 8.19. The highest BCUT2D eigenvalue weighted by Gasteiger charge is 2.31. The van der Waals surface area contributed by atoms with E-state index in [1.807, 2.05) is 0 Å². The number of carbonyl (C=O) groups is 1. The number of aromatic hydroxyl groups is 1. The lowest BCUT2D eigenvalue weighted by atomic mass is 10.1. The normalized spacial score (nSPS) is 11.4. The fourth-order valence-electron chi connectivity index (χ4n) is 2.69. The summed E-state index contributed by atoms with van der Waals surface area (Å²) in [7, 11) is -0.209. The number of sulfonamides is 1. The van der Waals surface area contributed by atoms with E-state index < -0.39 is 33.2 Å². The predicted molar refractivity (Wildman–Crippen MR) is 112 cm³/mol. The zero-order chi connectivity index (χ0) is 22.5. The molecule has 0 amide bonds. The summed E-state index contributed by atoms with van der Waals surface area (Å²) in [5.74, 6) is -0.342. The van der Waals surface area contributed by atoms with E-state index in [2.05, 4.69) is 4.74 Å². The Morgan fingerprint density at radius 3 is 2.40 bits per heavy atom. The summed E-state index contributed by atoms with van der Waals surface area (Å²) in [5, 5.41) is 9.97. The summed E-state index contributed by atoms with van der Waals surface area (Å²) >= 11 is 11.8. The molecular weight excluding hydrogens is 457 g/mol. The third-order valence-electron chi connectivity index (χ3n) is 4.26. The molecule has 0 aromatic heterocycles. The maximum atomic E-state index is 13.2. The number of esters is 1. The van der Waals surface area contributed by atoms with E-state index in [1.54, 1.807) is 18.2 Å². The van der Waals surface area contributed by atoms with E-state index in [4.69, 9.17) is 32.7 Å². The zero-order valence-electron chi connectivity index (χ0n) is 16.5. The van der Waals surface area contributed by atoms with Crippen molar-refractivity contribution in [3.8, 4) is 17.2 Å². The molecule has 0 bridgehead atoms. The lowest BCUT2D eigenvalue weighted by molar-refractivity contribution is -0.140. The Balaban J connectivity index is 2.43. The molecule has 1 N–H and O–H groups in total. The van der Waals surface area contributed by atoms with Gasteiger partial charge in [-0.05, 0) is 42.3 Å². The molecule has 2 aromatic carbocycles. The molecule has 0 atom stereocenters. The highest BCUT2D eigenvalue weighted by Crippen LogP contribution is 2.36. The summed E-state index contributed by atoms with van der Waals surface area (Å²) in [6.45, 7) is -0.695. The van der Waals surface area contributed by atoms with Gasteiger partial charge in [0.1, 0.15) is 22.9 Å². The van der Waals surface area contributed by atoms with Crippen molar-refractivity contribution < 1.29 is 32.5 Å². The van der Waals surface area contributed by atoms with Crippen LogP contribution in [0.4, 0.5) is 0 Å². The Morgan fingerprint density at radius 2 is 1.80 bits per heavy atom. The molecule has 0 aliphatic carbocycles. The molecule has 2 aromatic rings. The van der Waals surface area contributed by atoms with Crippen LogP contribution in [0.15, 0.2) is 35.2 Å². The second-order valence-electron chi connectivity index (χ2n) is 6.08. The summed E-state index contributed by atoms with van der Waals surface area (Å²) in [6.07, 6.45) is 0.186. The van der Waals surface area contributed by atoms with Gasteiger partial charge in [-0.15, -0.1) is 0 Å². The minimum absolute atomic E-state index is 0.0175. The molecule has 30 heavy (non-hydrogen) atoms. The maximum Gasteiger partial charge on any atom is 0.321 e. The summed E-state index contributed by atoms with van der Waals surface area (Å²) in [4.78, 5) is 11.4. The lowest BCUT2D eigenvalue weighted by Crippen LogP contribution is -2.37. The molecule has 8 nitrogen and oxygen atoms in total. The molecule has 0 saturated heterocycles. The van der Waals surface area contributed by atoms with Gasteiger partial charge in [0.15, 0.2) is 5.75 Å². The SMILES string of the molecule is COC(=O)CN(CCc1cc(OC)ccc1OC)S(=O)(=O)c1cc(Cl)cc(Cl)c1O. The van der Waals surface area contributed by atoms with Gasteiger partial charge in [-0.2, -0.15) is 4.31 Å². The van der Waals surface area contributed by atoms with Crippen molar-refractivity contribution in [3.63, 3.8) is 0 Å². The minimum atomic E-state index is -4.35. The molecule has 0 saturated carbocycles. The van der Waals surface area contributed by atoms with Gasteiger partial charge in [0.05, 0.1) is 26.4 Å². The Hall–Kier alpha value is -2.20. The first kappa shape index (κ1) is 24.1. The van der Waals surface area contributed by atoms with Gasteiger partial charge in [0, 0.05) is 11.6 Å². The molecule has 2 rings (SSSR count). The number of phenolic OH excluding ortho intramolecular Hbond substituents is 1. The second-order valence-corrected chi connectivity index (χ2v) is 8.83. The first-order chi connectivity index (χ1) is 14.1. The maximum absolute atomic E-state index is 13.2. The summed E-state index contributed by atoms with van der Waals surface area (Å²) in [5.41, 5.74) is 0.662. The van der Waals surface area contributed by atoms with Gasteiger partial charge >= 0.3 is 5.97 Å². The van der Waals surface area contributed by atoms with Crippen LogP contribution in [0.1, 0.15) is 5.56 Å². The molecule has 0 fully saturated rings. The van der Waals surface area contributed by atoms with Crippen LogP contribution in [0.2, 0.25) is 10.0 Å². The largest absolute Gasteiger partial charge is 0.505 e. The summed E-state index contributed by atoms with van der Waals surface area (Å²) in [6, 6.07) is 7.38. The van der Waals surface area contributed by atoms with Crippen molar-refractivity contribution >= 4 is 39.2 Å². The van der Waals surface area contributed by atoms with Crippen LogP contribution >= 0.6 is 23.2 Å². The van der Waals surface area contributed by atoms with E-state index in [1.165, 1.54) is 20.3 Å². The molecule has 0 spiro atoms. The molecule has 0 aliphatic rings. The number of rotatable bonds is 9. The highest BCUT2D eigenvalue weighted by atomic mass is 35.5. The van der Waals surface area contributed by atoms with Gasteiger partial charge in [0.2, 0.25) is 10.0 Å². The van der Waals surface area contributed by atoms with Crippen molar-refractivity contribution in [3.05, 3.63) is 45.9 Å². The minimum Gasteiger partial charge on any atom is -0.505 e. The van der Waals surface area contributed by atoms with Gasteiger partial charge < -0.3 is 19.3 Å². The van der Waals surface area contributed by atoms with Crippen molar-refractivity contribution in [2.24, 2.45) is 0 Å². The number of methoxy groups -OCH3 is 3. The Bertz CT molecular complexity index is 1030. The van der Waals surface area contributed by atoms with Crippen molar-refractivity contribution in [2.45, 2.75) is 11.3 Å². The smallest absolute Gasteiger partial charge is 0.321 e. The number of halogens is 2. The lowest BCUT2D eigenvalue weighted by Gasteiger charge is -2.22. The van der Waals surface area contributed by atoms with Gasteiger partial charge in [-0.1, -0.05) is 23.2 Å². The molecule has 164 valence electrons. The topological polar surface area (TPSA) is 102 Å². The number of hydrogen-bond acceptors (Lipinski definition) is 7. The number of carbonyl (C=O) groups excluding carboxylic acids is 1. The number of hydrogen-bond donors (Lipinski definition) is 1. The fourth-order valence-corrected chi connectivity index (χ4v) is 4.82. The van der Waals surface area contributed by atoms with E-state index in [-0.39, 0.29) is 23.0 Å². The quantitative estimate of drug-likeness (QED) is 0.553. The third-order valence-corrected chi connectivity index (χ3v) is 6.63. The van der Waals surface area contributed by atoms with Crippen LogP contribution in [0.25, 0.3) is 0 Å². The summed E-state index contributed by atoms with van der Waals surface area (Å²) < 4.78 is 42.4. The standard InChI is InChI=1S/C19H21Cl2NO7S/c1-27-14-4-5-16(28-2)12(8-14)6-7-22(11-18(23)29-3)30(25,26)17-10-13(20)9-15(21)19(17)24/h4-5,8-10,24H,6-7,11H2,1-3H3. The van der Waals surface area contributed by atoms with E-state index in [9.17, 15) is 18.3 Å². The molecule has 0 aliphatic heterocycles. The van der Waals surface area contributed by atoms with Crippen LogP contribution in [0.5, 0.6) is 17.2 Å². The third kappa shape index (κ3) is 5.48. The first-order valence-electron chi connectivity index (χ1n) is 8.60. The first-order valence-corrected chi connectivity index (χ1v) is 10.8. The number of phenols is 1. The molecule has 0 unspecified atom stereocenters. The van der Waals surface area contributed by atoms with Gasteiger partial charge in [-0.3, -0.25) is 4.79 Å². The van der Waals surface area contributed by atoms with Crippen LogP contribution < -0.4 is 9.47 Å². The van der Waals surface area contributed by atoms with Crippen molar-refractivity contribution in [1.82, 2.24) is 4.31 Å². The van der Waals surface area contributed by atoms with E-state index in [0.717, 1.165) is 17.5 Å². The van der Waals surface area contributed by atoms with Gasteiger partial charge in [0.25, 0.3) is 0 Å². The zero-order valence-corrected chi connectivity index (χ0v) is 18.8. The van der Waals surface area contributed by atoms with E-state index >= 15 is 0 Å². The monoisotopic (exact) mass is 477 g/mol. The van der Waals surface area contributed by atoms with Gasteiger partial charge in [-0.25, -0.2) is 8.42 Å². The highest BCUT2D eigenvalue weighted by molar-refractivity contribution is 7.89. The van der Waals surface area contributed by atoms with Crippen LogP contribution in [0.3, 0.4) is 0 Å². The fraction of sp³-hybridized carbons (Fsp3) is 0.316. The molecule has 0 heterocycles. The van der Waals surface area contributed by atoms with Crippen LogP contribution in [0, 0.1) is 0 Å². The average molecular weight is 478 g/mol. The molecule has 11 heteroatoms. The van der Waals surface area contributed by atoms with Crippen molar-refractivity contribution in [2.75, 3.05) is 34.4 Å². The van der Waals surface area contributed by atoms with Crippen LogP contribution in [-0.2, 0) is 26.0 Å². The second kappa shape index (κ2) is 10.2.